The summed E-state index contributed by atoms with van der Waals surface area (Å²) in [7, 11) is 0. The van der Waals surface area contributed by atoms with Gasteiger partial charge in [-0.15, -0.1) is 0 Å². The second kappa shape index (κ2) is 5.35. The normalized spacial score (nSPS) is 19.7. The molecule has 1 amide bonds. The maximum atomic E-state index is 11.7. The van der Waals surface area contributed by atoms with Gasteiger partial charge in [0.25, 0.3) is 0 Å². The average Bonchev–Trinajstić information content (AvgIpc) is 2.06. The molecule has 1 N–H and O–H groups in total. The zero-order valence-corrected chi connectivity index (χ0v) is 10.4. The number of carbonyl (C=O) groups is 2. The maximum absolute atomic E-state index is 11.7. The van der Waals surface area contributed by atoms with E-state index in [0.29, 0.717) is 6.54 Å². The van der Waals surface area contributed by atoms with Gasteiger partial charge in [0.2, 0.25) is 0 Å². The number of hydrogen-bond donors (Lipinski definition) is 1. The Kier molecular flexibility index (Phi) is 4.34. The van der Waals surface area contributed by atoms with Gasteiger partial charge in [-0.05, 0) is 27.2 Å². The van der Waals surface area contributed by atoms with Crippen LogP contribution in [0.4, 0.5) is 4.79 Å². The van der Waals surface area contributed by atoms with Gasteiger partial charge in [-0.25, -0.2) is 9.59 Å². The quantitative estimate of drug-likeness (QED) is 0.802. The van der Waals surface area contributed by atoms with Crippen LogP contribution >= 0.6 is 0 Å². The van der Waals surface area contributed by atoms with Crippen molar-refractivity contribution in [1.29, 1.82) is 0 Å². The average molecular weight is 245 g/mol. The third-order valence-electron chi connectivity index (χ3n) is 2.31. The first-order valence-corrected chi connectivity index (χ1v) is 5.59. The molecule has 6 nitrogen and oxygen atoms in total. The fraction of sp³-hybridized carbons (Fsp3) is 0.818. The molecule has 1 fully saturated rings. The third kappa shape index (κ3) is 4.60. The molecular weight excluding hydrogens is 226 g/mol. The molecule has 0 aromatic carbocycles. The molecular formula is C11H19NO5. The lowest BCUT2D eigenvalue weighted by molar-refractivity contribution is -0.143. The molecule has 17 heavy (non-hydrogen) atoms. The van der Waals surface area contributed by atoms with Crippen LogP contribution in [0.5, 0.6) is 0 Å². The van der Waals surface area contributed by atoms with Crippen molar-refractivity contribution in [2.75, 3.05) is 19.8 Å². The van der Waals surface area contributed by atoms with E-state index >= 15 is 0 Å². The van der Waals surface area contributed by atoms with E-state index in [1.807, 2.05) is 0 Å². The van der Waals surface area contributed by atoms with Crippen LogP contribution in [0.25, 0.3) is 0 Å². The predicted octanol–water partition coefficient (Wildman–Crippen LogP) is 1.10. The first-order chi connectivity index (χ1) is 7.79. The highest BCUT2D eigenvalue weighted by Gasteiger charge is 2.35. The molecule has 0 bridgehead atoms. The van der Waals surface area contributed by atoms with Gasteiger partial charge < -0.3 is 19.5 Å². The van der Waals surface area contributed by atoms with Gasteiger partial charge in [0.05, 0.1) is 12.6 Å². The van der Waals surface area contributed by atoms with E-state index in [0.717, 1.165) is 6.42 Å². The Morgan fingerprint density at radius 3 is 2.47 bits per heavy atom. The van der Waals surface area contributed by atoms with Crippen molar-refractivity contribution in [1.82, 2.24) is 4.90 Å². The number of carboxylic acids is 1. The highest BCUT2D eigenvalue weighted by Crippen LogP contribution is 2.21. The Morgan fingerprint density at radius 1 is 1.41 bits per heavy atom. The predicted molar refractivity (Wildman–Crippen MR) is 59.8 cm³/mol. The summed E-state index contributed by atoms with van der Waals surface area (Å²) >= 11 is 0. The lowest BCUT2D eigenvalue weighted by Gasteiger charge is -2.41. The number of hydrogen-bond acceptors (Lipinski definition) is 4. The van der Waals surface area contributed by atoms with Gasteiger partial charge in [0, 0.05) is 6.54 Å². The van der Waals surface area contributed by atoms with E-state index in [-0.39, 0.29) is 25.3 Å². The molecule has 0 aromatic rings. The number of carbonyl (C=O) groups excluding carboxylic acids is 1. The van der Waals surface area contributed by atoms with E-state index in [1.165, 1.54) is 0 Å². The minimum atomic E-state index is -1.01. The molecule has 0 radical (unpaired) electrons. The highest BCUT2D eigenvalue weighted by molar-refractivity contribution is 5.69. The SMILES string of the molecule is CC(C)(C)OC(=O)N1CCC1COCC(=O)O. The van der Waals surface area contributed by atoms with Gasteiger partial charge in [0.15, 0.2) is 0 Å². The first kappa shape index (κ1) is 13.8. The van der Waals surface area contributed by atoms with Crippen molar-refractivity contribution in [3.63, 3.8) is 0 Å². The minimum absolute atomic E-state index is 0.0656. The number of rotatable bonds is 4. The number of ether oxygens (including phenoxy) is 2. The number of amides is 1. The molecule has 98 valence electrons. The van der Waals surface area contributed by atoms with Crippen LogP contribution in [-0.4, -0.2) is 53.5 Å². The van der Waals surface area contributed by atoms with E-state index < -0.39 is 11.6 Å². The van der Waals surface area contributed by atoms with Crippen molar-refractivity contribution in [3.8, 4) is 0 Å². The fourth-order valence-electron chi connectivity index (χ4n) is 1.46. The Bertz CT molecular complexity index is 297. The molecule has 0 saturated carbocycles. The molecule has 6 heteroatoms. The topological polar surface area (TPSA) is 76.1 Å². The van der Waals surface area contributed by atoms with Crippen molar-refractivity contribution < 1.29 is 24.2 Å². The summed E-state index contributed by atoms with van der Waals surface area (Å²) in [5.41, 5.74) is -0.515. The summed E-state index contributed by atoms with van der Waals surface area (Å²) in [6, 6.07) is -0.0656. The zero-order chi connectivity index (χ0) is 13.1. The Hall–Kier alpha value is -1.30. The smallest absolute Gasteiger partial charge is 0.410 e. The van der Waals surface area contributed by atoms with E-state index in [4.69, 9.17) is 14.6 Å². The molecule has 0 aliphatic carbocycles. The van der Waals surface area contributed by atoms with Crippen LogP contribution in [0, 0.1) is 0 Å². The van der Waals surface area contributed by atoms with Crippen LogP contribution in [0.1, 0.15) is 27.2 Å². The Labute approximate surface area is 100 Å². The highest BCUT2D eigenvalue weighted by atomic mass is 16.6. The third-order valence-corrected chi connectivity index (χ3v) is 2.31. The molecule has 1 heterocycles. The van der Waals surface area contributed by atoms with Crippen LogP contribution in [-0.2, 0) is 14.3 Å². The molecule has 1 saturated heterocycles. The summed E-state index contributed by atoms with van der Waals surface area (Å²) in [6.45, 7) is 5.96. The van der Waals surface area contributed by atoms with Crippen LogP contribution in [0.15, 0.2) is 0 Å². The summed E-state index contributed by atoms with van der Waals surface area (Å²) in [5, 5.41) is 8.41. The molecule has 0 spiro atoms. The lowest BCUT2D eigenvalue weighted by Crippen LogP contribution is -2.54. The second-order valence-corrected chi connectivity index (χ2v) is 5.03. The molecule has 0 aromatic heterocycles. The summed E-state index contributed by atoms with van der Waals surface area (Å²) in [4.78, 5) is 23.5. The Morgan fingerprint density at radius 2 is 2.06 bits per heavy atom. The van der Waals surface area contributed by atoms with Crippen LogP contribution in [0.3, 0.4) is 0 Å². The zero-order valence-electron chi connectivity index (χ0n) is 10.4. The van der Waals surface area contributed by atoms with Crippen molar-refractivity contribution in [2.24, 2.45) is 0 Å². The second-order valence-electron chi connectivity index (χ2n) is 5.03. The van der Waals surface area contributed by atoms with E-state index in [1.54, 1.807) is 25.7 Å². The Balaban J connectivity index is 2.30. The number of nitrogens with zero attached hydrogens (tertiary/aromatic N) is 1. The standard InChI is InChI=1S/C11H19NO5/c1-11(2,3)17-10(15)12-5-4-8(12)6-16-7-9(13)14/h8H,4-7H2,1-3H3,(H,13,14). The van der Waals surface area contributed by atoms with Gasteiger partial charge in [-0.1, -0.05) is 0 Å². The summed E-state index contributed by atoms with van der Waals surface area (Å²) in [6.07, 6.45) is 0.450. The maximum Gasteiger partial charge on any atom is 0.410 e. The molecule has 1 atom stereocenters. The number of likely N-dealkylation sites (tertiary alicyclic amines) is 1. The first-order valence-electron chi connectivity index (χ1n) is 5.59. The van der Waals surface area contributed by atoms with Crippen LogP contribution < -0.4 is 0 Å². The molecule has 1 aliphatic heterocycles. The molecule has 1 unspecified atom stereocenters. The lowest BCUT2D eigenvalue weighted by atomic mass is 10.1. The minimum Gasteiger partial charge on any atom is -0.480 e. The van der Waals surface area contributed by atoms with Crippen molar-refractivity contribution >= 4 is 12.1 Å². The van der Waals surface area contributed by atoms with Gasteiger partial charge in [0.1, 0.15) is 12.2 Å². The number of carboxylic acid groups (broad SMARTS) is 1. The van der Waals surface area contributed by atoms with E-state index in [2.05, 4.69) is 0 Å². The fourth-order valence-corrected chi connectivity index (χ4v) is 1.46. The monoisotopic (exact) mass is 245 g/mol. The number of aliphatic carboxylic acids is 1. The van der Waals surface area contributed by atoms with E-state index in [9.17, 15) is 9.59 Å². The van der Waals surface area contributed by atoms with Gasteiger partial charge in [-0.3, -0.25) is 0 Å². The van der Waals surface area contributed by atoms with Gasteiger partial charge in [-0.2, -0.15) is 0 Å². The summed E-state index contributed by atoms with van der Waals surface area (Å²) in [5.74, 6) is -1.01. The largest absolute Gasteiger partial charge is 0.480 e. The van der Waals surface area contributed by atoms with Crippen molar-refractivity contribution in [2.45, 2.75) is 38.8 Å². The summed E-state index contributed by atoms with van der Waals surface area (Å²) < 4.78 is 10.2. The molecule has 1 aliphatic rings. The van der Waals surface area contributed by atoms with Crippen molar-refractivity contribution in [3.05, 3.63) is 0 Å². The van der Waals surface area contributed by atoms with Crippen LogP contribution in [0.2, 0.25) is 0 Å². The molecule has 1 rings (SSSR count). The van der Waals surface area contributed by atoms with Gasteiger partial charge >= 0.3 is 12.1 Å².